The first-order chi connectivity index (χ1) is 10.2. The lowest BCUT2D eigenvalue weighted by atomic mass is 9.93. The van der Waals surface area contributed by atoms with E-state index in [0.29, 0.717) is 30.4 Å². The largest absolute Gasteiger partial charge is 0.490 e. The van der Waals surface area contributed by atoms with E-state index in [1.807, 2.05) is 27.7 Å². The molecule has 2 rings (SSSR count). The van der Waals surface area contributed by atoms with Gasteiger partial charge in [0.2, 0.25) is 11.8 Å². The van der Waals surface area contributed by atoms with Crippen molar-refractivity contribution < 1.29 is 14.3 Å². The molecule has 0 aliphatic carbocycles. The second kappa shape index (κ2) is 5.99. The van der Waals surface area contributed by atoms with Gasteiger partial charge in [0.1, 0.15) is 12.4 Å². The lowest BCUT2D eigenvalue weighted by Crippen LogP contribution is -2.39. The third-order valence-corrected chi connectivity index (χ3v) is 3.67. The summed E-state index contributed by atoms with van der Waals surface area (Å²) in [5.41, 5.74) is 0.830. The maximum absolute atomic E-state index is 12.4. The zero-order valence-electron chi connectivity index (χ0n) is 13.9. The number of hydrogen-bond donors (Lipinski definition) is 1. The summed E-state index contributed by atoms with van der Waals surface area (Å²) in [5.74, 6) is 0.918. The number of nitrogens with zero attached hydrogens (tertiary/aromatic N) is 1. The van der Waals surface area contributed by atoms with E-state index < -0.39 is 5.41 Å². The molecule has 1 aromatic carbocycles. The first-order valence-corrected chi connectivity index (χ1v) is 7.55. The average molecular weight is 304 g/mol. The van der Waals surface area contributed by atoms with Crippen LogP contribution in [-0.4, -0.2) is 25.5 Å². The van der Waals surface area contributed by atoms with Crippen LogP contribution in [0.2, 0.25) is 0 Å². The molecule has 1 N–H and O–H groups in total. The molecule has 1 aromatic rings. The Kier molecular flexibility index (Phi) is 4.44. The van der Waals surface area contributed by atoms with Gasteiger partial charge in [-0.05, 0) is 31.9 Å². The van der Waals surface area contributed by atoms with Gasteiger partial charge in [0, 0.05) is 25.2 Å². The van der Waals surface area contributed by atoms with Crippen molar-refractivity contribution in [2.75, 3.05) is 23.9 Å². The topological polar surface area (TPSA) is 58.6 Å². The van der Waals surface area contributed by atoms with E-state index in [0.717, 1.165) is 5.69 Å². The monoisotopic (exact) mass is 304 g/mol. The Morgan fingerprint density at radius 3 is 2.73 bits per heavy atom. The van der Waals surface area contributed by atoms with Gasteiger partial charge in [0.05, 0.1) is 11.1 Å². The van der Waals surface area contributed by atoms with Crippen molar-refractivity contribution in [2.45, 2.75) is 34.1 Å². The number of carbonyl (C=O) groups excluding carboxylic acids is 2. The summed E-state index contributed by atoms with van der Waals surface area (Å²) in [7, 11) is 1.74. The van der Waals surface area contributed by atoms with Gasteiger partial charge in [-0.1, -0.05) is 13.8 Å². The molecule has 2 amide bonds. The summed E-state index contributed by atoms with van der Waals surface area (Å²) < 4.78 is 5.79. The van der Waals surface area contributed by atoms with Crippen molar-refractivity contribution in [1.29, 1.82) is 0 Å². The average Bonchev–Trinajstić information content (AvgIpc) is 2.49. The summed E-state index contributed by atoms with van der Waals surface area (Å²) in [4.78, 5) is 25.9. The minimum atomic E-state index is -0.575. The third-order valence-electron chi connectivity index (χ3n) is 3.67. The van der Waals surface area contributed by atoms with Crippen LogP contribution in [0.3, 0.4) is 0 Å². The lowest BCUT2D eigenvalue weighted by Gasteiger charge is -2.24. The van der Waals surface area contributed by atoms with Crippen LogP contribution >= 0.6 is 0 Å². The van der Waals surface area contributed by atoms with E-state index >= 15 is 0 Å². The molecule has 0 unspecified atom stereocenters. The summed E-state index contributed by atoms with van der Waals surface area (Å²) in [6, 6.07) is 5.38. The zero-order chi connectivity index (χ0) is 16.5. The number of carbonyl (C=O) groups is 2. The van der Waals surface area contributed by atoms with E-state index in [1.54, 1.807) is 30.1 Å². The Bertz CT molecular complexity index is 594. The number of amides is 2. The van der Waals surface area contributed by atoms with Crippen LogP contribution in [0.25, 0.3) is 0 Å². The molecule has 0 aromatic heterocycles. The number of anilines is 2. The molecule has 0 saturated heterocycles. The maximum atomic E-state index is 12.4. The van der Waals surface area contributed by atoms with Gasteiger partial charge in [-0.15, -0.1) is 0 Å². The van der Waals surface area contributed by atoms with Crippen LogP contribution in [0.5, 0.6) is 5.75 Å². The molecule has 120 valence electrons. The van der Waals surface area contributed by atoms with Crippen molar-refractivity contribution in [3.8, 4) is 5.75 Å². The van der Waals surface area contributed by atoms with Crippen LogP contribution in [0.4, 0.5) is 11.4 Å². The third kappa shape index (κ3) is 3.40. The highest BCUT2D eigenvalue weighted by atomic mass is 16.5. The zero-order valence-corrected chi connectivity index (χ0v) is 13.9. The fourth-order valence-corrected chi connectivity index (χ4v) is 2.45. The van der Waals surface area contributed by atoms with Crippen molar-refractivity contribution in [3.05, 3.63) is 18.2 Å². The molecular formula is C17H24N2O3. The van der Waals surface area contributed by atoms with Crippen molar-refractivity contribution in [3.63, 3.8) is 0 Å². The van der Waals surface area contributed by atoms with Crippen LogP contribution in [0.1, 0.15) is 34.1 Å². The lowest BCUT2D eigenvalue weighted by molar-refractivity contribution is -0.127. The summed E-state index contributed by atoms with van der Waals surface area (Å²) in [6.07, 6.45) is 0.476. The Balaban J connectivity index is 2.24. The molecule has 0 fully saturated rings. The summed E-state index contributed by atoms with van der Waals surface area (Å²) in [5, 5.41) is 2.87. The van der Waals surface area contributed by atoms with Gasteiger partial charge in [-0.3, -0.25) is 9.59 Å². The minimum Gasteiger partial charge on any atom is -0.490 e. The van der Waals surface area contributed by atoms with Crippen LogP contribution in [-0.2, 0) is 9.59 Å². The SMILES string of the molecule is CC(C)CC(=O)Nc1ccc2c(c1)OCC(C)(C)C(=O)N2C. The predicted octanol–water partition coefficient (Wildman–Crippen LogP) is 3.05. The highest BCUT2D eigenvalue weighted by Gasteiger charge is 2.36. The molecule has 0 saturated carbocycles. The van der Waals surface area contributed by atoms with Gasteiger partial charge < -0.3 is 15.0 Å². The standard InChI is InChI=1S/C17H24N2O3/c1-11(2)8-15(20)18-12-6-7-13-14(9-12)22-10-17(3,4)16(21)19(13)5/h6-7,9,11H,8,10H2,1-5H3,(H,18,20). The second-order valence-corrected chi connectivity index (χ2v) is 6.87. The van der Waals surface area contributed by atoms with E-state index in [4.69, 9.17) is 4.74 Å². The van der Waals surface area contributed by atoms with Gasteiger partial charge in [0.25, 0.3) is 0 Å². The molecule has 0 bridgehead atoms. The van der Waals surface area contributed by atoms with Crippen LogP contribution < -0.4 is 15.0 Å². The molecule has 0 radical (unpaired) electrons. The smallest absolute Gasteiger partial charge is 0.235 e. The van der Waals surface area contributed by atoms with Crippen LogP contribution in [0.15, 0.2) is 18.2 Å². The fraction of sp³-hybridized carbons (Fsp3) is 0.529. The molecule has 0 spiro atoms. The summed E-state index contributed by atoms with van der Waals surface area (Å²) in [6.45, 7) is 8.05. The molecule has 1 aliphatic heterocycles. The number of hydrogen-bond acceptors (Lipinski definition) is 3. The first kappa shape index (κ1) is 16.3. The van der Waals surface area contributed by atoms with Crippen molar-refractivity contribution in [2.24, 2.45) is 11.3 Å². The van der Waals surface area contributed by atoms with Gasteiger partial charge in [0.15, 0.2) is 0 Å². The van der Waals surface area contributed by atoms with E-state index in [9.17, 15) is 9.59 Å². The molecule has 5 nitrogen and oxygen atoms in total. The Hall–Kier alpha value is -2.04. The first-order valence-electron chi connectivity index (χ1n) is 7.55. The van der Waals surface area contributed by atoms with Crippen LogP contribution in [0, 0.1) is 11.3 Å². The van der Waals surface area contributed by atoms with Crippen molar-refractivity contribution >= 4 is 23.2 Å². The molecule has 1 aliphatic rings. The molecule has 5 heteroatoms. The minimum absolute atomic E-state index is 0.0165. The number of fused-ring (bicyclic) bond motifs is 1. The second-order valence-electron chi connectivity index (χ2n) is 6.87. The normalized spacial score (nSPS) is 16.8. The Labute approximate surface area is 131 Å². The van der Waals surface area contributed by atoms with E-state index in [-0.39, 0.29) is 11.8 Å². The van der Waals surface area contributed by atoms with Gasteiger partial charge in [-0.25, -0.2) is 0 Å². The van der Waals surface area contributed by atoms with E-state index in [1.165, 1.54) is 0 Å². The van der Waals surface area contributed by atoms with Gasteiger partial charge >= 0.3 is 0 Å². The Morgan fingerprint density at radius 2 is 2.09 bits per heavy atom. The molecule has 1 heterocycles. The Morgan fingerprint density at radius 1 is 1.41 bits per heavy atom. The highest BCUT2D eigenvalue weighted by molar-refractivity contribution is 5.99. The summed E-state index contributed by atoms with van der Waals surface area (Å²) >= 11 is 0. The number of nitrogens with one attached hydrogen (secondary N) is 1. The molecule has 0 atom stereocenters. The highest BCUT2D eigenvalue weighted by Crippen LogP contribution is 2.37. The number of ether oxygens (including phenoxy) is 1. The predicted molar refractivity (Wildman–Crippen MR) is 87.2 cm³/mol. The van der Waals surface area contributed by atoms with Gasteiger partial charge in [-0.2, -0.15) is 0 Å². The van der Waals surface area contributed by atoms with Crippen molar-refractivity contribution in [1.82, 2.24) is 0 Å². The van der Waals surface area contributed by atoms with E-state index in [2.05, 4.69) is 5.32 Å². The maximum Gasteiger partial charge on any atom is 0.235 e. The number of benzene rings is 1. The molecular weight excluding hydrogens is 280 g/mol. The number of rotatable bonds is 3. The molecule has 22 heavy (non-hydrogen) atoms. The fourth-order valence-electron chi connectivity index (χ4n) is 2.45. The quantitative estimate of drug-likeness (QED) is 0.933.